The number of alkyl carbamates (subject to hydrolysis) is 1. The molecule has 1 aliphatic rings. The lowest BCUT2D eigenvalue weighted by molar-refractivity contribution is 0.112. The maximum Gasteiger partial charge on any atom is 0.407 e. The highest BCUT2D eigenvalue weighted by atomic mass is 16.6. The minimum Gasteiger partial charge on any atom is -0.447 e. The zero-order valence-corrected chi connectivity index (χ0v) is 16.3. The zero-order chi connectivity index (χ0) is 20.5. The van der Waals surface area contributed by atoms with E-state index in [-0.39, 0.29) is 12.1 Å². The first-order valence-corrected chi connectivity index (χ1v) is 9.53. The van der Waals surface area contributed by atoms with Crippen LogP contribution in [0.15, 0.2) is 30.6 Å². The fourth-order valence-electron chi connectivity index (χ4n) is 3.91. The molecule has 0 radical (unpaired) electrons. The number of nitrogens with one attached hydrogen (secondary N) is 1. The molecule has 29 heavy (non-hydrogen) atoms. The van der Waals surface area contributed by atoms with E-state index in [9.17, 15) is 10.1 Å². The molecule has 3 N–H and O–H groups in total. The third kappa shape index (κ3) is 3.59. The monoisotopic (exact) mass is 390 g/mol. The van der Waals surface area contributed by atoms with Crippen LogP contribution >= 0.6 is 0 Å². The number of benzene rings is 1. The Labute approximate surface area is 168 Å². The van der Waals surface area contributed by atoms with Gasteiger partial charge in [0.05, 0.1) is 24.3 Å². The van der Waals surface area contributed by atoms with E-state index in [1.807, 2.05) is 32.0 Å². The first kappa shape index (κ1) is 18.7. The Morgan fingerprint density at radius 1 is 1.38 bits per heavy atom. The Morgan fingerprint density at radius 2 is 2.17 bits per heavy atom. The average molecular weight is 390 g/mol. The quantitative estimate of drug-likeness (QED) is 0.706. The fourth-order valence-corrected chi connectivity index (χ4v) is 3.91. The molecule has 0 saturated carbocycles. The normalized spacial score (nSPS) is 15.3. The predicted molar refractivity (Wildman–Crippen MR) is 108 cm³/mol. The Morgan fingerprint density at radius 3 is 2.90 bits per heavy atom. The van der Waals surface area contributed by atoms with Crippen molar-refractivity contribution in [1.82, 2.24) is 19.9 Å². The molecule has 1 aliphatic carbocycles. The number of hydrogen-bond acceptors (Lipinski definition) is 6. The second-order valence-corrected chi connectivity index (χ2v) is 7.45. The van der Waals surface area contributed by atoms with Crippen LogP contribution in [-0.2, 0) is 24.1 Å². The van der Waals surface area contributed by atoms with Gasteiger partial charge in [-0.1, -0.05) is 0 Å². The molecule has 8 nitrogen and oxygen atoms in total. The van der Waals surface area contributed by atoms with Crippen molar-refractivity contribution in [2.75, 3.05) is 5.73 Å². The van der Waals surface area contributed by atoms with Gasteiger partial charge in [-0.05, 0) is 44.0 Å². The Kier molecular flexibility index (Phi) is 4.80. The number of carbonyl (C=O) groups is 1. The van der Waals surface area contributed by atoms with E-state index in [0.717, 1.165) is 22.2 Å². The second kappa shape index (κ2) is 7.43. The van der Waals surface area contributed by atoms with Gasteiger partial charge in [-0.15, -0.1) is 0 Å². The summed E-state index contributed by atoms with van der Waals surface area (Å²) >= 11 is 0. The van der Waals surface area contributed by atoms with Crippen molar-refractivity contribution < 1.29 is 9.53 Å². The summed E-state index contributed by atoms with van der Waals surface area (Å²) in [6, 6.07) is 7.80. The minimum absolute atomic E-state index is 0.0631. The molecule has 0 bridgehead atoms. The number of amides is 1. The third-order valence-corrected chi connectivity index (χ3v) is 5.08. The summed E-state index contributed by atoms with van der Waals surface area (Å²) in [4.78, 5) is 20.5. The minimum atomic E-state index is -0.415. The van der Waals surface area contributed by atoms with Crippen LogP contribution in [0.3, 0.4) is 0 Å². The van der Waals surface area contributed by atoms with Crippen LogP contribution in [0.5, 0.6) is 0 Å². The second-order valence-electron chi connectivity index (χ2n) is 7.45. The molecule has 2 heterocycles. The first-order valence-electron chi connectivity index (χ1n) is 9.53. The largest absolute Gasteiger partial charge is 0.447 e. The van der Waals surface area contributed by atoms with Crippen LogP contribution in [-0.4, -0.2) is 32.8 Å². The van der Waals surface area contributed by atoms with Gasteiger partial charge >= 0.3 is 6.09 Å². The molecule has 4 rings (SSSR count). The van der Waals surface area contributed by atoms with E-state index < -0.39 is 6.09 Å². The summed E-state index contributed by atoms with van der Waals surface area (Å²) in [6.45, 7) is 4.11. The number of fused-ring (bicyclic) bond motifs is 3. The molecule has 0 fully saturated rings. The molecule has 8 heteroatoms. The van der Waals surface area contributed by atoms with E-state index in [1.165, 1.54) is 0 Å². The summed E-state index contributed by atoms with van der Waals surface area (Å²) < 4.78 is 7.37. The van der Waals surface area contributed by atoms with E-state index in [2.05, 4.69) is 25.9 Å². The molecule has 0 unspecified atom stereocenters. The summed E-state index contributed by atoms with van der Waals surface area (Å²) in [5.74, 6) is 0.393. The number of ether oxygens (including phenoxy) is 1. The van der Waals surface area contributed by atoms with E-state index in [4.69, 9.17) is 10.5 Å². The SMILES string of the molecule is CC(C)OC(=O)N[C@H]1Cc2c(n(Cc3nccnc3N)c3ccc(C#N)cc23)C1. The highest BCUT2D eigenvalue weighted by Gasteiger charge is 2.30. The van der Waals surface area contributed by atoms with Crippen LogP contribution in [0.25, 0.3) is 10.9 Å². The maximum absolute atomic E-state index is 12.0. The van der Waals surface area contributed by atoms with E-state index in [0.29, 0.717) is 36.5 Å². The molecular formula is C21H22N6O2. The van der Waals surface area contributed by atoms with Gasteiger partial charge in [-0.2, -0.15) is 5.26 Å². The van der Waals surface area contributed by atoms with E-state index >= 15 is 0 Å². The number of hydrogen-bond donors (Lipinski definition) is 2. The van der Waals surface area contributed by atoms with Gasteiger partial charge in [0, 0.05) is 41.5 Å². The molecule has 0 spiro atoms. The Bertz CT molecular complexity index is 1130. The van der Waals surface area contributed by atoms with Gasteiger partial charge in [0.15, 0.2) is 0 Å². The molecule has 2 aromatic heterocycles. The number of nitriles is 1. The van der Waals surface area contributed by atoms with Crippen LogP contribution in [0.2, 0.25) is 0 Å². The van der Waals surface area contributed by atoms with Gasteiger partial charge in [0.25, 0.3) is 0 Å². The Hall–Kier alpha value is -3.60. The number of nitrogens with zero attached hydrogens (tertiary/aromatic N) is 4. The summed E-state index contributed by atoms with van der Waals surface area (Å²) in [5, 5.41) is 13.3. The lowest BCUT2D eigenvalue weighted by atomic mass is 10.1. The number of nitrogens with two attached hydrogens (primary N) is 1. The lowest BCUT2D eigenvalue weighted by Crippen LogP contribution is -2.37. The number of aromatic nitrogens is 3. The van der Waals surface area contributed by atoms with Crippen molar-refractivity contribution in [2.45, 2.75) is 45.4 Å². The molecule has 0 saturated heterocycles. The molecular weight excluding hydrogens is 368 g/mol. The molecule has 1 amide bonds. The highest BCUT2D eigenvalue weighted by Crippen LogP contribution is 2.34. The number of nitrogen functional groups attached to an aromatic ring is 1. The van der Waals surface area contributed by atoms with Gasteiger partial charge in [0.2, 0.25) is 0 Å². The van der Waals surface area contributed by atoms with Crippen molar-refractivity contribution in [3.63, 3.8) is 0 Å². The molecule has 1 aromatic carbocycles. The molecule has 1 atom stereocenters. The van der Waals surface area contributed by atoms with Crippen LogP contribution in [0, 0.1) is 11.3 Å². The van der Waals surface area contributed by atoms with Crippen LogP contribution in [0.1, 0.15) is 36.4 Å². The summed E-state index contributed by atoms with van der Waals surface area (Å²) in [5.41, 5.74) is 10.6. The van der Waals surface area contributed by atoms with E-state index in [1.54, 1.807) is 12.4 Å². The van der Waals surface area contributed by atoms with Crippen LogP contribution in [0.4, 0.5) is 10.6 Å². The van der Waals surface area contributed by atoms with Crippen molar-refractivity contribution in [2.24, 2.45) is 0 Å². The molecule has 0 aliphatic heterocycles. The highest BCUT2D eigenvalue weighted by molar-refractivity contribution is 5.88. The molecule has 3 aromatic rings. The lowest BCUT2D eigenvalue weighted by Gasteiger charge is -2.16. The topological polar surface area (TPSA) is 119 Å². The average Bonchev–Trinajstić information content (AvgIpc) is 3.20. The smallest absolute Gasteiger partial charge is 0.407 e. The predicted octanol–water partition coefficient (Wildman–Crippen LogP) is 2.54. The van der Waals surface area contributed by atoms with Crippen molar-refractivity contribution in [3.05, 3.63) is 53.1 Å². The standard InChI is InChI=1S/C21H22N6O2/c1-12(2)29-21(28)26-14-8-16-15-7-13(10-22)3-4-18(15)27(19(16)9-14)11-17-20(23)25-6-5-24-17/h3-7,12,14H,8-9,11H2,1-2H3,(H2,23,25)(H,26,28)/t14-/m0/s1. The number of anilines is 1. The fraction of sp³-hybridized carbons (Fsp3) is 0.333. The van der Waals surface area contributed by atoms with Gasteiger partial charge in [0.1, 0.15) is 11.5 Å². The Balaban J connectivity index is 1.72. The van der Waals surface area contributed by atoms with Crippen molar-refractivity contribution >= 4 is 22.8 Å². The number of rotatable bonds is 4. The van der Waals surface area contributed by atoms with Gasteiger partial charge in [-0.25, -0.2) is 9.78 Å². The first-order chi connectivity index (χ1) is 14.0. The van der Waals surface area contributed by atoms with Crippen molar-refractivity contribution in [3.8, 4) is 6.07 Å². The summed E-state index contributed by atoms with van der Waals surface area (Å²) in [6.07, 6.45) is 3.94. The number of carbonyl (C=O) groups excluding carboxylic acids is 1. The maximum atomic E-state index is 12.0. The molecule has 148 valence electrons. The van der Waals surface area contributed by atoms with Crippen LogP contribution < -0.4 is 11.1 Å². The van der Waals surface area contributed by atoms with Gasteiger partial charge < -0.3 is 20.4 Å². The zero-order valence-electron chi connectivity index (χ0n) is 16.3. The van der Waals surface area contributed by atoms with Crippen molar-refractivity contribution in [1.29, 1.82) is 5.26 Å². The van der Waals surface area contributed by atoms with Gasteiger partial charge in [-0.3, -0.25) is 4.98 Å². The third-order valence-electron chi connectivity index (χ3n) is 5.08. The summed E-state index contributed by atoms with van der Waals surface area (Å²) in [7, 11) is 0.